The van der Waals surface area contributed by atoms with Crippen LogP contribution in [0.5, 0.6) is 0 Å². The molecular weight excluding hydrogens is 286 g/mol. The van der Waals surface area contributed by atoms with Crippen molar-refractivity contribution >= 4 is 0 Å². The predicted octanol–water partition coefficient (Wildman–Crippen LogP) is 5.23. The number of unbranched alkanes of at least 4 members (excludes halogenated alkanes) is 6. The number of alkyl halides is 6. The van der Waals surface area contributed by atoms with Gasteiger partial charge in [-0.2, -0.15) is 26.3 Å². The Morgan fingerprint density at radius 2 is 1.15 bits per heavy atom. The van der Waals surface area contributed by atoms with Crippen molar-refractivity contribution in [2.45, 2.75) is 76.7 Å². The van der Waals surface area contributed by atoms with Gasteiger partial charge in [-0.3, -0.25) is 0 Å². The Labute approximate surface area is 115 Å². The molecule has 1 nitrogen and oxygen atoms in total. The van der Waals surface area contributed by atoms with E-state index in [9.17, 15) is 31.4 Å². The Kier molecular flexibility index (Phi) is 8.54. The molecule has 0 bridgehead atoms. The minimum Gasteiger partial charge on any atom is -0.392 e. The number of hydrogen-bond acceptors (Lipinski definition) is 1. The van der Waals surface area contributed by atoms with E-state index in [-0.39, 0.29) is 6.42 Å². The highest BCUT2D eigenvalue weighted by Gasteiger charge is 2.59. The molecule has 0 radical (unpaired) electrons. The lowest BCUT2D eigenvalue weighted by atomic mass is 9.95. The average molecular weight is 308 g/mol. The zero-order valence-corrected chi connectivity index (χ0v) is 11.5. The number of halogens is 6. The molecule has 0 saturated heterocycles. The van der Waals surface area contributed by atoms with Crippen LogP contribution in [0.4, 0.5) is 26.3 Å². The van der Waals surface area contributed by atoms with E-state index in [1.807, 2.05) is 6.92 Å². The van der Waals surface area contributed by atoms with Gasteiger partial charge in [-0.1, -0.05) is 51.9 Å². The van der Waals surface area contributed by atoms with E-state index < -0.39 is 30.8 Å². The zero-order chi connectivity index (χ0) is 15.8. The molecular formula is C13H22F6O. The van der Waals surface area contributed by atoms with Crippen LogP contribution in [-0.4, -0.2) is 23.6 Å². The molecule has 7 heteroatoms. The van der Waals surface area contributed by atoms with Gasteiger partial charge in [0.1, 0.15) is 0 Å². The SMILES string of the molecule is CCCCCCCCCC(O)C(C(F)(F)F)C(F)(F)F. The number of aliphatic hydroxyl groups is 1. The van der Waals surface area contributed by atoms with Gasteiger partial charge in [-0.25, -0.2) is 0 Å². The van der Waals surface area contributed by atoms with Crippen LogP contribution in [0.25, 0.3) is 0 Å². The first-order valence-electron chi connectivity index (χ1n) is 6.92. The fraction of sp³-hybridized carbons (Fsp3) is 1.00. The molecule has 1 atom stereocenters. The summed E-state index contributed by atoms with van der Waals surface area (Å²) in [4.78, 5) is 0. The number of rotatable bonds is 9. The molecule has 0 aliphatic carbocycles. The highest BCUT2D eigenvalue weighted by molar-refractivity contribution is 4.82. The molecule has 0 rings (SSSR count). The standard InChI is InChI=1S/C13H22F6O/c1-2-3-4-5-6-7-8-9-10(20)11(12(14,15)16)13(17,18)19/h10-11,20H,2-9H2,1H3. The summed E-state index contributed by atoms with van der Waals surface area (Å²) >= 11 is 0. The van der Waals surface area contributed by atoms with Gasteiger partial charge >= 0.3 is 12.4 Å². The topological polar surface area (TPSA) is 20.2 Å². The minimum absolute atomic E-state index is 0.177. The zero-order valence-electron chi connectivity index (χ0n) is 11.5. The van der Waals surface area contributed by atoms with Crippen molar-refractivity contribution in [1.82, 2.24) is 0 Å². The third-order valence-electron chi connectivity index (χ3n) is 3.19. The van der Waals surface area contributed by atoms with Gasteiger partial charge in [0.05, 0.1) is 6.10 Å². The van der Waals surface area contributed by atoms with Crippen LogP contribution in [0.3, 0.4) is 0 Å². The molecule has 0 aliphatic heterocycles. The fourth-order valence-electron chi connectivity index (χ4n) is 2.10. The summed E-state index contributed by atoms with van der Waals surface area (Å²) in [5, 5.41) is 9.18. The van der Waals surface area contributed by atoms with Gasteiger partial charge < -0.3 is 5.11 Å². The highest BCUT2D eigenvalue weighted by Crippen LogP contribution is 2.42. The lowest BCUT2D eigenvalue weighted by Gasteiger charge is -2.27. The third-order valence-corrected chi connectivity index (χ3v) is 3.19. The molecule has 20 heavy (non-hydrogen) atoms. The molecule has 0 saturated carbocycles. The van der Waals surface area contributed by atoms with Crippen molar-refractivity contribution in [2.24, 2.45) is 5.92 Å². The van der Waals surface area contributed by atoms with Crippen molar-refractivity contribution in [3.63, 3.8) is 0 Å². The van der Waals surface area contributed by atoms with E-state index >= 15 is 0 Å². The van der Waals surface area contributed by atoms with E-state index in [1.165, 1.54) is 0 Å². The van der Waals surface area contributed by atoms with Crippen LogP contribution in [0, 0.1) is 5.92 Å². The first kappa shape index (κ1) is 19.5. The summed E-state index contributed by atoms with van der Waals surface area (Å²) in [6.07, 6.45) is -8.22. The summed E-state index contributed by atoms with van der Waals surface area (Å²) < 4.78 is 73.8. The van der Waals surface area contributed by atoms with Crippen LogP contribution in [-0.2, 0) is 0 Å². The summed E-state index contributed by atoms with van der Waals surface area (Å²) in [5.41, 5.74) is 0. The second-order valence-electron chi connectivity index (χ2n) is 5.04. The second-order valence-corrected chi connectivity index (χ2v) is 5.04. The van der Waals surface area contributed by atoms with E-state index in [0.717, 1.165) is 32.1 Å². The van der Waals surface area contributed by atoms with Gasteiger partial charge in [-0.15, -0.1) is 0 Å². The smallest absolute Gasteiger partial charge is 0.392 e. The predicted molar refractivity (Wildman–Crippen MR) is 64.2 cm³/mol. The lowest BCUT2D eigenvalue weighted by molar-refractivity contribution is -0.306. The lowest BCUT2D eigenvalue weighted by Crippen LogP contribution is -2.44. The largest absolute Gasteiger partial charge is 0.403 e. The molecule has 0 aromatic rings. The van der Waals surface area contributed by atoms with Crippen LogP contribution in [0.15, 0.2) is 0 Å². The fourth-order valence-corrected chi connectivity index (χ4v) is 2.10. The van der Waals surface area contributed by atoms with E-state index in [2.05, 4.69) is 0 Å². The van der Waals surface area contributed by atoms with Gasteiger partial charge in [0.2, 0.25) is 0 Å². The van der Waals surface area contributed by atoms with Gasteiger partial charge in [0, 0.05) is 0 Å². The molecule has 1 unspecified atom stereocenters. The maximum absolute atomic E-state index is 12.3. The second kappa shape index (κ2) is 8.74. The Bertz CT molecular complexity index is 234. The molecule has 0 heterocycles. The van der Waals surface area contributed by atoms with Gasteiger partial charge in [0.15, 0.2) is 5.92 Å². The van der Waals surface area contributed by atoms with Crippen LogP contribution >= 0.6 is 0 Å². The maximum atomic E-state index is 12.3. The van der Waals surface area contributed by atoms with Gasteiger partial charge in [0.25, 0.3) is 0 Å². The van der Waals surface area contributed by atoms with E-state index in [1.54, 1.807) is 0 Å². The van der Waals surface area contributed by atoms with Crippen molar-refractivity contribution in [1.29, 1.82) is 0 Å². The maximum Gasteiger partial charge on any atom is 0.403 e. The number of aliphatic hydroxyl groups excluding tert-OH is 1. The minimum atomic E-state index is -5.46. The Morgan fingerprint density at radius 3 is 1.55 bits per heavy atom. The Morgan fingerprint density at radius 1 is 0.750 bits per heavy atom. The summed E-state index contributed by atoms with van der Waals surface area (Å²) in [7, 11) is 0. The van der Waals surface area contributed by atoms with E-state index in [4.69, 9.17) is 0 Å². The Hall–Kier alpha value is -0.460. The van der Waals surface area contributed by atoms with Crippen LogP contribution < -0.4 is 0 Å². The normalized spacial score (nSPS) is 14.8. The highest BCUT2D eigenvalue weighted by atomic mass is 19.4. The van der Waals surface area contributed by atoms with E-state index in [0.29, 0.717) is 6.42 Å². The molecule has 0 fully saturated rings. The van der Waals surface area contributed by atoms with Crippen LogP contribution in [0.2, 0.25) is 0 Å². The van der Waals surface area contributed by atoms with Crippen molar-refractivity contribution < 1.29 is 31.4 Å². The monoisotopic (exact) mass is 308 g/mol. The average Bonchev–Trinajstić information content (AvgIpc) is 2.23. The van der Waals surface area contributed by atoms with Crippen molar-refractivity contribution in [2.75, 3.05) is 0 Å². The van der Waals surface area contributed by atoms with Gasteiger partial charge in [-0.05, 0) is 6.42 Å². The molecule has 0 amide bonds. The Balaban J connectivity index is 4.07. The van der Waals surface area contributed by atoms with Crippen molar-refractivity contribution in [3.8, 4) is 0 Å². The van der Waals surface area contributed by atoms with Crippen molar-refractivity contribution in [3.05, 3.63) is 0 Å². The molecule has 0 aromatic heterocycles. The van der Waals surface area contributed by atoms with Crippen LogP contribution in [0.1, 0.15) is 58.3 Å². The number of hydrogen-bond donors (Lipinski definition) is 1. The molecule has 0 aliphatic rings. The first-order chi connectivity index (χ1) is 9.10. The summed E-state index contributed by atoms with van der Waals surface area (Å²) in [6.45, 7) is 2.05. The summed E-state index contributed by atoms with van der Waals surface area (Å²) in [5.74, 6) is -3.64. The molecule has 1 N–H and O–H groups in total. The third kappa shape index (κ3) is 7.97. The quantitative estimate of drug-likeness (QED) is 0.457. The molecule has 0 spiro atoms. The molecule has 122 valence electrons. The molecule has 0 aromatic carbocycles. The first-order valence-corrected chi connectivity index (χ1v) is 6.92. The summed E-state index contributed by atoms with van der Waals surface area (Å²) in [6, 6.07) is 0.